The van der Waals surface area contributed by atoms with Crippen LogP contribution >= 0.6 is 0 Å². The Balaban J connectivity index is 2.24. The van der Waals surface area contributed by atoms with E-state index >= 15 is 0 Å². The molecule has 1 aromatic carbocycles. The molecule has 1 aromatic heterocycles. The van der Waals surface area contributed by atoms with Gasteiger partial charge in [0.2, 0.25) is 0 Å². The summed E-state index contributed by atoms with van der Waals surface area (Å²) in [5.41, 5.74) is 0.676. The van der Waals surface area contributed by atoms with Crippen LogP contribution in [0.5, 0.6) is 0 Å². The standard InChI is InChI=1S/C14H19FN4/c1-3-16-13(11-7-5-6-8-12(11)15)9-14-17-10-18-19(14)4-2/h5-8,10,13,16H,3-4,9H2,1-2H3. The van der Waals surface area contributed by atoms with E-state index in [1.54, 1.807) is 12.4 Å². The van der Waals surface area contributed by atoms with Gasteiger partial charge in [-0.15, -0.1) is 0 Å². The Morgan fingerprint density at radius 3 is 2.79 bits per heavy atom. The summed E-state index contributed by atoms with van der Waals surface area (Å²) >= 11 is 0. The highest BCUT2D eigenvalue weighted by Crippen LogP contribution is 2.20. The number of hydrogen-bond acceptors (Lipinski definition) is 3. The Morgan fingerprint density at radius 2 is 2.11 bits per heavy atom. The molecule has 2 rings (SSSR count). The molecule has 0 spiro atoms. The molecule has 0 fully saturated rings. The SMILES string of the molecule is CCNC(Cc1ncnn1CC)c1ccccc1F. The third kappa shape index (κ3) is 3.17. The Labute approximate surface area is 112 Å². The number of aryl methyl sites for hydroxylation is 1. The van der Waals surface area contributed by atoms with Gasteiger partial charge < -0.3 is 5.32 Å². The fraction of sp³-hybridized carbons (Fsp3) is 0.429. The minimum Gasteiger partial charge on any atom is -0.310 e. The number of aromatic nitrogens is 3. The van der Waals surface area contributed by atoms with Crippen LogP contribution in [0.15, 0.2) is 30.6 Å². The molecular weight excluding hydrogens is 243 g/mol. The molecule has 102 valence electrons. The summed E-state index contributed by atoms with van der Waals surface area (Å²) in [5, 5.41) is 7.46. The smallest absolute Gasteiger partial charge is 0.138 e. The summed E-state index contributed by atoms with van der Waals surface area (Å²) in [6.45, 7) is 5.58. The number of rotatable bonds is 6. The lowest BCUT2D eigenvalue weighted by Gasteiger charge is -2.18. The summed E-state index contributed by atoms with van der Waals surface area (Å²) < 4.78 is 15.7. The van der Waals surface area contributed by atoms with E-state index in [1.807, 2.05) is 30.7 Å². The van der Waals surface area contributed by atoms with Gasteiger partial charge in [0.1, 0.15) is 18.0 Å². The number of nitrogens with zero attached hydrogens (tertiary/aromatic N) is 3. The second kappa shape index (κ2) is 6.43. The highest BCUT2D eigenvalue weighted by Gasteiger charge is 2.17. The Bertz CT molecular complexity index is 524. The van der Waals surface area contributed by atoms with Crippen LogP contribution < -0.4 is 5.32 Å². The monoisotopic (exact) mass is 262 g/mol. The third-order valence-corrected chi connectivity index (χ3v) is 3.11. The van der Waals surface area contributed by atoms with E-state index in [0.717, 1.165) is 18.9 Å². The first-order chi connectivity index (χ1) is 9.26. The van der Waals surface area contributed by atoms with Crippen LogP contribution in [0.2, 0.25) is 0 Å². The van der Waals surface area contributed by atoms with E-state index in [4.69, 9.17) is 0 Å². The molecule has 1 N–H and O–H groups in total. The molecule has 1 unspecified atom stereocenters. The van der Waals surface area contributed by atoms with Gasteiger partial charge in [-0.05, 0) is 19.5 Å². The maximum absolute atomic E-state index is 13.9. The normalized spacial score (nSPS) is 12.6. The number of hydrogen-bond donors (Lipinski definition) is 1. The van der Waals surface area contributed by atoms with Crippen LogP contribution in [-0.4, -0.2) is 21.3 Å². The maximum Gasteiger partial charge on any atom is 0.138 e. The Hall–Kier alpha value is -1.75. The van der Waals surface area contributed by atoms with E-state index in [1.165, 1.54) is 6.07 Å². The molecule has 0 amide bonds. The number of nitrogens with one attached hydrogen (secondary N) is 1. The van der Waals surface area contributed by atoms with Crippen molar-refractivity contribution in [2.45, 2.75) is 32.9 Å². The zero-order chi connectivity index (χ0) is 13.7. The zero-order valence-electron chi connectivity index (χ0n) is 11.3. The van der Waals surface area contributed by atoms with Crippen LogP contribution in [0.1, 0.15) is 31.3 Å². The van der Waals surface area contributed by atoms with Gasteiger partial charge in [0.05, 0.1) is 0 Å². The molecule has 19 heavy (non-hydrogen) atoms. The highest BCUT2D eigenvalue weighted by molar-refractivity contribution is 5.22. The van der Waals surface area contributed by atoms with Crippen LogP contribution in [0.25, 0.3) is 0 Å². The predicted molar refractivity (Wildman–Crippen MR) is 72.2 cm³/mol. The molecule has 1 heterocycles. The minimum absolute atomic E-state index is 0.0827. The van der Waals surface area contributed by atoms with E-state index < -0.39 is 0 Å². The summed E-state index contributed by atoms with van der Waals surface area (Å²) in [6.07, 6.45) is 2.17. The fourth-order valence-corrected chi connectivity index (χ4v) is 2.19. The minimum atomic E-state index is -0.184. The average Bonchev–Trinajstić information content (AvgIpc) is 2.86. The van der Waals surface area contributed by atoms with Crippen molar-refractivity contribution >= 4 is 0 Å². The maximum atomic E-state index is 13.9. The first-order valence-corrected chi connectivity index (χ1v) is 6.60. The molecule has 0 saturated carbocycles. The molecule has 2 aromatic rings. The molecule has 0 aliphatic rings. The van der Waals surface area contributed by atoms with E-state index in [-0.39, 0.29) is 11.9 Å². The van der Waals surface area contributed by atoms with Crippen molar-refractivity contribution in [1.82, 2.24) is 20.1 Å². The number of halogens is 1. The average molecular weight is 262 g/mol. The zero-order valence-corrected chi connectivity index (χ0v) is 11.3. The molecule has 0 bridgehead atoms. The van der Waals surface area contributed by atoms with E-state index in [9.17, 15) is 4.39 Å². The van der Waals surface area contributed by atoms with Gasteiger partial charge in [0, 0.05) is 24.6 Å². The molecular formula is C14H19FN4. The summed E-state index contributed by atoms with van der Waals surface area (Å²) in [7, 11) is 0. The van der Waals surface area contributed by atoms with Crippen LogP contribution in [0.3, 0.4) is 0 Å². The first-order valence-electron chi connectivity index (χ1n) is 6.60. The molecule has 5 heteroatoms. The van der Waals surface area contributed by atoms with Crippen molar-refractivity contribution in [3.63, 3.8) is 0 Å². The lowest BCUT2D eigenvalue weighted by Crippen LogP contribution is -2.25. The lowest BCUT2D eigenvalue weighted by molar-refractivity contribution is 0.485. The van der Waals surface area contributed by atoms with Crippen molar-refractivity contribution < 1.29 is 4.39 Å². The highest BCUT2D eigenvalue weighted by atomic mass is 19.1. The van der Waals surface area contributed by atoms with Crippen LogP contribution in [-0.2, 0) is 13.0 Å². The van der Waals surface area contributed by atoms with Gasteiger partial charge in [-0.1, -0.05) is 25.1 Å². The second-order valence-electron chi connectivity index (χ2n) is 4.33. The van der Waals surface area contributed by atoms with Crippen molar-refractivity contribution in [3.05, 3.63) is 47.8 Å². The number of likely N-dealkylation sites (N-methyl/N-ethyl adjacent to an activating group) is 1. The second-order valence-corrected chi connectivity index (χ2v) is 4.33. The molecule has 0 radical (unpaired) electrons. The van der Waals surface area contributed by atoms with Crippen molar-refractivity contribution in [3.8, 4) is 0 Å². The van der Waals surface area contributed by atoms with E-state index in [0.29, 0.717) is 12.0 Å². The summed E-state index contributed by atoms with van der Waals surface area (Å²) in [5.74, 6) is 0.688. The van der Waals surface area contributed by atoms with Gasteiger partial charge in [0.15, 0.2) is 0 Å². The number of benzene rings is 1. The van der Waals surface area contributed by atoms with Gasteiger partial charge in [0.25, 0.3) is 0 Å². The van der Waals surface area contributed by atoms with E-state index in [2.05, 4.69) is 15.4 Å². The molecule has 0 saturated heterocycles. The first kappa shape index (κ1) is 13.7. The Morgan fingerprint density at radius 1 is 1.32 bits per heavy atom. The molecule has 4 nitrogen and oxygen atoms in total. The van der Waals surface area contributed by atoms with Gasteiger partial charge in [-0.2, -0.15) is 5.10 Å². The molecule has 0 aliphatic heterocycles. The van der Waals surface area contributed by atoms with Crippen LogP contribution in [0.4, 0.5) is 4.39 Å². The van der Waals surface area contributed by atoms with Crippen LogP contribution in [0, 0.1) is 5.82 Å². The summed E-state index contributed by atoms with van der Waals surface area (Å²) in [4.78, 5) is 4.25. The Kier molecular flexibility index (Phi) is 4.63. The van der Waals surface area contributed by atoms with Crippen molar-refractivity contribution in [2.24, 2.45) is 0 Å². The molecule has 1 atom stereocenters. The fourth-order valence-electron chi connectivity index (χ4n) is 2.19. The van der Waals surface area contributed by atoms with Gasteiger partial charge in [-0.25, -0.2) is 9.37 Å². The summed E-state index contributed by atoms with van der Waals surface area (Å²) in [6, 6.07) is 6.78. The predicted octanol–water partition coefficient (Wildman–Crippen LogP) is 2.33. The third-order valence-electron chi connectivity index (χ3n) is 3.11. The molecule has 0 aliphatic carbocycles. The van der Waals surface area contributed by atoms with Gasteiger partial charge >= 0.3 is 0 Å². The van der Waals surface area contributed by atoms with Crippen molar-refractivity contribution in [1.29, 1.82) is 0 Å². The lowest BCUT2D eigenvalue weighted by atomic mass is 10.0. The van der Waals surface area contributed by atoms with Gasteiger partial charge in [-0.3, -0.25) is 4.68 Å². The largest absolute Gasteiger partial charge is 0.310 e. The quantitative estimate of drug-likeness (QED) is 0.869. The topological polar surface area (TPSA) is 42.7 Å². The van der Waals surface area contributed by atoms with Crippen molar-refractivity contribution in [2.75, 3.05) is 6.54 Å².